The van der Waals surface area contributed by atoms with Gasteiger partial charge in [-0.25, -0.2) is 9.97 Å². The molecule has 6 heteroatoms. The average molecular weight is 259 g/mol. The van der Waals surface area contributed by atoms with Gasteiger partial charge in [-0.05, 0) is 18.1 Å². The third kappa shape index (κ3) is 4.51. The van der Waals surface area contributed by atoms with Crippen LogP contribution in [0.5, 0.6) is 0 Å². The van der Waals surface area contributed by atoms with Crippen molar-refractivity contribution in [1.29, 1.82) is 0 Å². The second-order valence-corrected chi connectivity index (χ2v) is 3.98. The highest BCUT2D eigenvalue weighted by Crippen LogP contribution is 2.08. The number of pyridine rings is 1. The molecule has 0 aromatic carbocycles. The molecule has 0 spiro atoms. The fourth-order valence-corrected chi connectivity index (χ4v) is 1.62. The lowest BCUT2D eigenvalue weighted by molar-refractivity contribution is 0.311. The summed E-state index contributed by atoms with van der Waals surface area (Å²) < 4.78 is 0. The highest BCUT2D eigenvalue weighted by Gasteiger charge is 1.98. The number of hydrogen-bond acceptors (Lipinski definition) is 6. The predicted molar refractivity (Wildman–Crippen MR) is 74.0 cm³/mol. The van der Waals surface area contributed by atoms with Crippen LogP contribution in [0.4, 0.5) is 11.6 Å². The van der Waals surface area contributed by atoms with Crippen molar-refractivity contribution in [2.24, 2.45) is 0 Å². The zero-order valence-electron chi connectivity index (χ0n) is 10.6. The first kappa shape index (κ1) is 13.2. The summed E-state index contributed by atoms with van der Waals surface area (Å²) in [6, 6.07) is 5.79. The van der Waals surface area contributed by atoms with Crippen molar-refractivity contribution < 1.29 is 5.11 Å². The van der Waals surface area contributed by atoms with Gasteiger partial charge in [-0.2, -0.15) is 0 Å². The molecule has 0 saturated heterocycles. The Kier molecular flexibility index (Phi) is 5.06. The van der Waals surface area contributed by atoms with E-state index in [-0.39, 0.29) is 6.61 Å². The number of anilines is 2. The summed E-state index contributed by atoms with van der Waals surface area (Å²) in [5.74, 6) is 1.47. The molecule has 0 aliphatic heterocycles. The van der Waals surface area contributed by atoms with Crippen LogP contribution in [0.3, 0.4) is 0 Å². The highest BCUT2D eigenvalue weighted by atomic mass is 16.3. The van der Waals surface area contributed by atoms with Gasteiger partial charge >= 0.3 is 0 Å². The molecule has 0 fully saturated rings. The van der Waals surface area contributed by atoms with E-state index in [9.17, 15) is 0 Å². The molecule has 0 unspecified atom stereocenters. The second kappa shape index (κ2) is 7.27. The SMILES string of the molecule is OCCNc1cc(NCCc2cccnc2)ncn1. The molecule has 0 atom stereocenters. The molecule has 3 N–H and O–H groups in total. The first-order chi connectivity index (χ1) is 9.38. The molecule has 100 valence electrons. The minimum Gasteiger partial charge on any atom is -0.395 e. The molecule has 0 aliphatic rings. The Morgan fingerprint density at radius 3 is 2.58 bits per heavy atom. The third-order valence-electron chi connectivity index (χ3n) is 2.53. The highest BCUT2D eigenvalue weighted by molar-refractivity contribution is 5.46. The average Bonchev–Trinajstić information content (AvgIpc) is 2.47. The lowest BCUT2D eigenvalue weighted by Crippen LogP contribution is -2.10. The van der Waals surface area contributed by atoms with Gasteiger partial charge in [0.2, 0.25) is 0 Å². The van der Waals surface area contributed by atoms with Crippen LogP contribution in [0.1, 0.15) is 5.56 Å². The first-order valence-corrected chi connectivity index (χ1v) is 6.18. The Hall–Kier alpha value is -2.21. The van der Waals surface area contributed by atoms with E-state index in [1.54, 1.807) is 6.20 Å². The van der Waals surface area contributed by atoms with Crippen LogP contribution in [0.25, 0.3) is 0 Å². The van der Waals surface area contributed by atoms with E-state index < -0.39 is 0 Å². The standard InChI is InChI=1S/C13H17N5O/c19-7-6-16-13-8-12(17-10-18-13)15-5-3-11-2-1-4-14-9-11/h1-2,4,8-10,19H,3,5-7H2,(H2,15,16,17,18). The fourth-order valence-electron chi connectivity index (χ4n) is 1.62. The number of nitrogens with one attached hydrogen (secondary N) is 2. The maximum atomic E-state index is 8.74. The van der Waals surface area contributed by atoms with Gasteiger partial charge < -0.3 is 15.7 Å². The van der Waals surface area contributed by atoms with Gasteiger partial charge in [-0.15, -0.1) is 0 Å². The van der Waals surface area contributed by atoms with Crippen LogP contribution in [0.2, 0.25) is 0 Å². The van der Waals surface area contributed by atoms with Crippen molar-refractivity contribution in [1.82, 2.24) is 15.0 Å². The van der Waals surface area contributed by atoms with E-state index in [0.717, 1.165) is 18.8 Å². The molecule has 0 bridgehead atoms. The first-order valence-electron chi connectivity index (χ1n) is 6.18. The number of aromatic nitrogens is 3. The second-order valence-electron chi connectivity index (χ2n) is 3.98. The van der Waals surface area contributed by atoms with Gasteiger partial charge in [0, 0.05) is 31.5 Å². The van der Waals surface area contributed by atoms with Crippen molar-refractivity contribution in [3.05, 3.63) is 42.5 Å². The van der Waals surface area contributed by atoms with Crippen molar-refractivity contribution >= 4 is 11.6 Å². The van der Waals surface area contributed by atoms with Crippen LogP contribution < -0.4 is 10.6 Å². The van der Waals surface area contributed by atoms with Crippen LogP contribution >= 0.6 is 0 Å². The summed E-state index contributed by atoms with van der Waals surface area (Å²) in [6.45, 7) is 1.34. The fraction of sp³-hybridized carbons (Fsp3) is 0.308. The van der Waals surface area contributed by atoms with E-state index in [4.69, 9.17) is 5.11 Å². The molecule has 0 aliphatic carbocycles. The molecular weight excluding hydrogens is 242 g/mol. The Morgan fingerprint density at radius 2 is 1.89 bits per heavy atom. The number of nitrogens with zero attached hydrogens (tertiary/aromatic N) is 3. The number of aliphatic hydroxyl groups excluding tert-OH is 1. The summed E-state index contributed by atoms with van der Waals surface area (Å²) in [6.07, 6.45) is 6.00. The number of rotatable bonds is 7. The molecule has 2 aromatic heterocycles. The molecule has 2 aromatic rings. The maximum absolute atomic E-state index is 8.74. The smallest absolute Gasteiger partial charge is 0.131 e. The zero-order chi connectivity index (χ0) is 13.3. The van der Waals surface area contributed by atoms with Gasteiger partial charge in [0.1, 0.15) is 18.0 Å². The van der Waals surface area contributed by atoms with Gasteiger partial charge in [0.15, 0.2) is 0 Å². The van der Waals surface area contributed by atoms with E-state index in [2.05, 4.69) is 25.6 Å². The lowest BCUT2D eigenvalue weighted by atomic mass is 10.2. The largest absolute Gasteiger partial charge is 0.395 e. The minimum atomic E-state index is 0.0772. The number of aliphatic hydroxyl groups is 1. The molecule has 19 heavy (non-hydrogen) atoms. The Bertz CT molecular complexity index is 491. The van der Waals surface area contributed by atoms with Crippen molar-refractivity contribution in [3.8, 4) is 0 Å². The quantitative estimate of drug-likeness (QED) is 0.686. The van der Waals surface area contributed by atoms with Gasteiger partial charge in [-0.1, -0.05) is 6.07 Å². The maximum Gasteiger partial charge on any atom is 0.131 e. The van der Waals surface area contributed by atoms with E-state index in [1.807, 2.05) is 24.4 Å². The van der Waals surface area contributed by atoms with Gasteiger partial charge in [-0.3, -0.25) is 4.98 Å². The monoisotopic (exact) mass is 259 g/mol. The van der Waals surface area contributed by atoms with Crippen molar-refractivity contribution in [2.45, 2.75) is 6.42 Å². The summed E-state index contributed by atoms with van der Waals surface area (Å²) >= 11 is 0. The Morgan fingerprint density at radius 1 is 1.11 bits per heavy atom. The van der Waals surface area contributed by atoms with Crippen LogP contribution in [-0.4, -0.2) is 39.8 Å². The summed E-state index contributed by atoms with van der Waals surface area (Å²) in [7, 11) is 0. The zero-order valence-corrected chi connectivity index (χ0v) is 10.6. The van der Waals surface area contributed by atoms with E-state index in [0.29, 0.717) is 12.4 Å². The molecular formula is C13H17N5O. The number of hydrogen-bond donors (Lipinski definition) is 3. The van der Waals surface area contributed by atoms with E-state index >= 15 is 0 Å². The Balaban J connectivity index is 1.82. The molecule has 0 amide bonds. The molecule has 2 rings (SSSR count). The van der Waals surface area contributed by atoms with Crippen LogP contribution in [0, 0.1) is 0 Å². The van der Waals surface area contributed by atoms with Crippen LogP contribution in [0.15, 0.2) is 36.9 Å². The van der Waals surface area contributed by atoms with E-state index in [1.165, 1.54) is 11.9 Å². The summed E-state index contributed by atoms with van der Waals surface area (Å²) in [5.41, 5.74) is 1.18. The van der Waals surface area contributed by atoms with Gasteiger partial charge in [0.05, 0.1) is 6.61 Å². The predicted octanol–water partition coefficient (Wildman–Crippen LogP) is 0.930. The molecule has 2 heterocycles. The summed E-state index contributed by atoms with van der Waals surface area (Å²) in [5, 5.41) is 15.0. The minimum absolute atomic E-state index is 0.0772. The van der Waals surface area contributed by atoms with Crippen molar-refractivity contribution in [3.63, 3.8) is 0 Å². The Labute approximate surface area is 112 Å². The molecule has 0 radical (unpaired) electrons. The van der Waals surface area contributed by atoms with Crippen molar-refractivity contribution in [2.75, 3.05) is 30.3 Å². The third-order valence-corrected chi connectivity index (χ3v) is 2.53. The van der Waals surface area contributed by atoms with Gasteiger partial charge in [0.25, 0.3) is 0 Å². The van der Waals surface area contributed by atoms with Crippen LogP contribution in [-0.2, 0) is 6.42 Å². The normalized spacial score (nSPS) is 10.2. The molecule has 6 nitrogen and oxygen atoms in total. The topological polar surface area (TPSA) is 83.0 Å². The molecule has 0 saturated carbocycles. The lowest BCUT2D eigenvalue weighted by Gasteiger charge is -2.07. The summed E-state index contributed by atoms with van der Waals surface area (Å²) in [4.78, 5) is 12.3.